The van der Waals surface area contributed by atoms with Gasteiger partial charge in [0.25, 0.3) is 5.92 Å². The zero-order chi connectivity index (χ0) is 9.47. The first-order chi connectivity index (χ1) is 6.15. The quantitative estimate of drug-likeness (QED) is 0.696. The summed E-state index contributed by atoms with van der Waals surface area (Å²) in [6.45, 7) is 0.0709. The molecule has 1 aliphatic carbocycles. The van der Waals surface area contributed by atoms with Gasteiger partial charge in [-0.3, -0.25) is 5.10 Å². The van der Waals surface area contributed by atoms with E-state index in [1.54, 1.807) is 0 Å². The van der Waals surface area contributed by atoms with Crippen molar-refractivity contribution in [1.29, 1.82) is 0 Å². The van der Waals surface area contributed by atoms with Crippen molar-refractivity contribution >= 4 is 0 Å². The number of nitrogens with two attached hydrogens (primary N) is 1. The van der Waals surface area contributed by atoms with Crippen molar-refractivity contribution in [2.75, 3.05) is 0 Å². The first-order valence-corrected chi connectivity index (χ1v) is 4.29. The van der Waals surface area contributed by atoms with Gasteiger partial charge in [0.15, 0.2) is 0 Å². The molecule has 1 aromatic rings. The van der Waals surface area contributed by atoms with Crippen molar-refractivity contribution in [3.05, 3.63) is 17.0 Å². The smallest absolute Gasteiger partial charge is 0.276 e. The number of hydrogen-bond acceptors (Lipinski definition) is 2. The molecule has 2 rings (SSSR count). The number of H-pyrrole nitrogens is 1. The molecule has 0 spiro atoms. The Bertz CT molecular complexity index is 306. The van der Waals surface area contributed by atoms with E-state index in [1.165, 1.54) is 0 Å². The Balaban J connectivity index is 2.52. The molecule has 0 unspecified atom stereocenters. The number of alkyl halides is 2. The number of nitrogens with one attached hydrogen (secondary N) is 1. The summed E-state index contributed by atoms with van der Waals surface area (Å²) in [5, 5.41) is 6.40. The highest BCUT2D eigenvalue weighted by atomic mass is 19.3. The maximum absolute atomic E-state index is 13.4. The van der Waals surface area contributed by atoms with Crippen LogP contribution in [-0.2, 0) is 18.9 Å². The standard InChI is InChI=1S/C8H11F2N3/c9-8(10)3-1-2-5-7(8)6(4-11)13-12-5/h1-4,11H2,(H,12,13). The van der Waals surface area contributed by atoms with Crippen LogP contribution in [0.5, 0.6) is 0 Å². The fourth-order valence-electron chi connectivity index (χ4n) is 1.79. The third-order valence-corrected chi connectivity index (χ3v) is 2.39. The van der Waals surface area contributed by atoms with Gasteiger partial charge in [0.2, 0.25) is 0 Å². The van der Waals surface area contributed by atoms with E-state index in [2.05, 4.69) is 10.2 Å². The Morgan fingerprint density at radius 2 is 2.31 bits per heavy atom. The van der Waals surface area contributed by atoms with Crippen LogP contribution in [0.4, 0.5) is 8.78 Å². The summed E-state index contributed by atoms with van der Waals surface area (Å²) in [5.41, 5.74) is 6.22. The Morgan fingerprint density at radius 3 is 3.00 bits per heavy atom. The van der Waals surface area contributed by atoms with Gasteiger partial charge in [-0.1, -0.05) is 0 Å². The van der Waals surface area contributed by atoms with E-state index >= 15 is 0 Å². The lowest BCUT2D eigenvalue weighted by atomic mass is 9.92. The molecule has 0 atom stereocenters. The zero-order valence-corrected chi connectivity index (χ0v) is 7.11. The minimum atomic E-state index is -2.74. The molecule has 3 N–H and O–H groups in total. The van der Waals surface area contributed by atoms with Crippen LogP contribution in [0.25, 0.3) is 0 Å². The molecule has 0 saturated heterocycles. The summed E-state index contributed by atoms with van der Waals surface area (Å²) in [5.74, 6) is -2.74. The van der Waals surface area contributed by atoms with Gasteiger partial charge in [-0.2, -0.15) is 5.10 Å². The van der Waals surface area contributed by atoms with Crippen LogP contribution in [0.3, 0.4) is 0 Å². The van der Waals surface area contributed by atoms with E-state index in [0.29, 0.717) is 24.2 Å². The molecule has 3 nitrogen and oxygen atoms in total. The predicted octanol–water partition coefficient (Wildman–Crippen LogP) is 1.30. The minimum absolute atomic E-state index is 0.0428. The second kappa shape index (κ2) is 2.77. The third kappa shape index (κ3) is 1.23. The molecule has 0 aromatic carbocycles. The second-order valence-corrected chi connectivity index (χ2v) is 3.29. The molecule has 1 heterocycles. The van der Waals surface area contributed by atoms with Crippen molar-refractivity contribution in [2.24, 2.45) is 5.73 Å². The molecule has 5 heteroatoms. The van der Waals surface area contributed by atoms with Gasteiger partial charge >= 0.3 is 0 Å². The highest BCUT2D eigenvalue weighted by Gasteiger charge is 2.40. The van der Waals surface area contributed by atoms with Gasteiger partial charge in [0, 0.05) is 18.7 Å². The predicted molar refractivity (Wildman–Crippen MR) is 43.3 cm³/mol. The summed E-state index contributed by atoms with van der Waals surface area (Å²) in [6, 6.07) is 0. The summed E-state index contributed by atoms with van der Waals surface area (Å²) in [4.78, 5) is 0. The highest BCUT2D eigenvalue weighted by molar-refractivity contribution is 5.32. The summed E-state index contributed by atoms with van der Waals surface area (Å²) < 4.78 is 26.7. The molecule has 72 valence electrons. The molecule has 1 aliphatic rings. The van der Waals surface area contributed by atoms with Crippen LogP contribution in [0.2, 0.25) is 0 Å². The fourth-order valence-corrected chi connectivity index (χ4v) is 1.79. The molecule has 0 saturated carbocycles. The Morgan fingerprint density at radius 1 is 1.54 bits per heavy atom. The van der Waals surface area contributed by atoms with Gasteiger partial charge < -0.3 is 5.73 Å². The van der Waals surface area contributed by atoms with Crippen molar-refractivity contribution in [3.63, 3.8) is 0 Å². The average Bonchev–Trinajstić information content (AvgIpc) is 2.48. The van der Waals surface area contributed by atoms with Gasteiger partial charge in [0.05, 0.1) is 11.3 Å². The summed E-state index contributed by atoms with van der Waals surface area (Å²) in [6.07, 6.45) is 1.07. The summed E-state index contributed by atoms with van der Waals surface area (Å²) in [7, 11) is 0. The van der Waals surface area contributed by atoms with E-state index in [0.717, 1.165) is 0 Å². The van der Waals surface area contributed by atoms with E-state index < -0.39 is 5.92 Å². The van der Waals surface area contributed by atoms with Gasteiger partial charge in [-0.05, 0) is 12.8 Å². The lowest BCUT2D eigenvalue weighted by Gasteiger charge is -2.22. The normalized spacial score (nSPS) is 19.9. The molecule has 0 bridgehead atoms. The molecule has 0 radical (unpaired) electrons. The number of hydrogen-bond donors (Lipinski definition) is 2. The van der Waals surface area contributed by atoms with Crippen molar-refractivity contribution in [3.8, 4) is 0 Å². The van der Waals surface area contributed by atoms with E-state index in [9.17, 15) is 8.78 Å². The number of aromatic nitrogens is 2. The molecular formula is C8H11F2N3. The Hall–Kier alpha value is -0.970. The maximum Gasteiger partial charge on any atom is 0.276 e. The van der Waals surface area contributed by atoms with Gasteiger partial charge in [0.1, 0.15) is 0 Å². The van der Waals surface area contributed by atoms with Crippen LogP contribution >= 0.6 is 0 Å². The number of rotatable bonds is 1. The SMILES string of the molecule is NCc1n[nH]c2c1C(F)(F)CCC2. The van der Waals surface area contributed by atoms with Gasteiger partial charge in [-0.25, -0.2) is 8.78 Å². The highest BCUT2D eigenvalue weighted by Crippen LogP contribution is 2.40. The van der Waals surface area contributed by atoms with Crippen LogP contribution in [0.1, 0.15) is 29.8 Å². The van der Waals surface area contributed by atoms with Crippen molar-refractivity contribution in [2.45, 2.75) is 31.7 Å². The van der Waals surface area contributed by atoms with Gasteiger partial charge in [-0.15, -0.1) is 0 Å². The maximum atomic E-state index is 13.4. The monoisotopic (exact) mass is 187 g/mol. The lowest BCUT2D eigenvalue weighted by Crippen LogP contribution is -2.22. The number of halogens is 2. The molecular weight excluding hydrogens is 176 g/mol. The number of aromatic amines is 1. The van der Waals surface area contributed by atoms with E-state index in [-0.39, 0.29) is 18.5 Å². The summed E-state index contributed by atoms with van der Waals surface area (Å²) >= 11 is 0. The zero-order valence-electron chi connectivity index (χ0n) is 7.11. The van der Waals surface area contributed by atoms with Crippen molar-refractivity contribution in [1.82, 2.24) is 10.2 Å². The average molecular weight is 187 g/mol. The molecule has 1 aromatic heterocycles. The molecule has 0 aliphatic heterocycles. The van der Waals surface area contributed by atoms with Crippen molar-refractivity contribution < 1.29 is 8.78 Å². The molecule has 0 fully saturated rings. The fraction of sp³-hybridized carbons (Fsp3) is 0.625. The number of nitrogens with zero attached hydrogens (tertiary/aromatic N) is 1. The number of fused-ring (bicyclic) bond motifs is 1. The van der Waals surface area contributed by atoms with Crippen LogP contribution in [0.15, 0.2) is 0 Å². The minimum Gasteiger partial charge on any atom is -0.325 e. The van der Waals surface area contributed by atoms with E-state index in [1.807, 2.05) is 0 Å². The van der Waals surface area contributed by atoms with Crippen LogP contribution in [0, 0.1) is 0 Å². The van der Waals surface area contributed by atoms with Crippen LogP contribution in [-0.4, -0.2) is 10.2 Å². The first kappa shape index (κ1) is 8.62. The second-order valence-electron chi connectivity index (χ2n) is 3.29. The Kier molecular flexibility index (Phi) is 1.83. The molecule has 0 amide bonds. The van der Waals surface area contributed by atoms with E-state index in [4.69, 9.17) is 5.73 Å². The first-order valence-electron chi connectivity index (χ1n) is 4.29. The topological polar surface area (TPSA) is 54.7 Å². The largest absolute Gasteiger partial charge is 0.325 e. The number of aryl methyl sites for hydroxylation is 1. The Labute approximate surface area is 74.3 Å². The third-order valence-electron chi connectivity index (χ3n) is 2.39. The molecule has 13 heavy (non-hydrogen) atoms. The van der Waals surface area contributed by atoms with Crippen LogP contribution < -0.4 is 5.73 Å². The lowest BCUT2D eigenvalue weighted by molar-refractivity contribution is -0.0225.